The van der Waals surface area contributed by atoms with Crippen molar-refractivity contribution in [3.63, 3.8) is 0 Å². The molecule has 26 heavy (non-hydrogen) atoms. The largest absolute Gasteiger partial charge is 0.341 e. The number of carbonyl (C=O) groups is 1. The number of rotatable bonds is 5. The van der Waals surface area contributed by atoms with E-state index in [1.165, 1.54) is 6.07 Å². The van der Waals surface area contributed by atoms with E-state index in [2.05, 4.69) is 5.10 Å². The lowest BCUT2D eigenvalue weighted by atomic mass is 10.1. The lowest BCUT2D eigenvalue weighted by molar-refractivity contribution is -0.129. The van der Waals surface area contributed by atoms with Crippen molar-refractivity contribution in [3.8, 4) is 5.69 Å². The van der Waals surface area contributed by atoms with Crippen LogP contribution < -0.4 is 0 Å². The molecule has 2 aromatic carbocycles. The molecule has 1 amide bonds. The van der Waals surface area contributed by atoms with Crippen molar-refractivity contribution in [2.45, 2.75) is 26.8 Å². The van der Waals surface area contributed by atoms with Crippen LogP contribution in [0.3, 0.4) is 0 Å². The molecule has 0 N–H and O–H groups in total. The van der Waals surface area contributed by atoms with Gasteiger partial charge in [0.05, 0.1) is 17.8 Å². The third kappa shape index (κ3) is 3.67. The SMILES string of the molecule is Cc1nn(-c2ccccc2)c(C)c1CN(C)C(=O)Cc1ccccc1F. The third-order valence-corrected chi connectivity index (χ3v) is 4.56. The smallest absolute Gasteiger partial charge is 0.227 e. The summed E-state index contributed by atoms with van der Waals surface area (Å²) in [7, 11) is 1.74. The second kappa shape index (κ2) is 7.52. The molecule has 3 rings (SSSR count). The lowest BCUT2D eigenvalue weighted by Gasteiger charge is -2.18. The van der Waals surface area contributed by atoms with Crippen LogP contribution in [0.25, 0.3) is 5.69 Å². The molecule has 5 heteroatoms. The van der Waals surface area contributed by atoms with Crippen LogP contribution in [0.2, 0.25) is 0 Å². The molecule has 0 aliphatic carbocycles. The van der Waals surface area contributed by atoms with E-state index in [1.54, 1.807) is 30.1 Å². The molecule has 0 fully saturated rings. The molecule has 0 radical (unpaired) electrons. The highest BCUT2D eigenvalue weighted by molar-refractivity contribution is 5.78. The van der Waals surface area contributed by atoms with Gasteiger partial charge in [-0.3, -0.25) is 4.79 Å². The minimum Gasteiger partial charge on any atom is -0.341 e. The van der Waals surface area contributed by atoms with E-state index in [0.717, 1.165) is 22.6 Å². The second-order valence-electron chi connectivity index (χ2n) is 6.41. The van der Waals surface area contributed by atoms with Crippen LogP contribution in [0.5, 0.6) is 0 Å². The molecule has 0 saturated carbocycles. The average Bonchev–Trinajstić information content (AvgIpc) is 2.92. The molecule has 134 valence electrons. The Morgan fingerprint density at radius 3 is 2.42 bits per heavy atom. The van der Waals surface area contributed by atoms with Gasteiger partial charge in [-0.25, -0.2) is 9.07 Å². The minimum absolute atomic E-state index is 0.0497. The van der Waals surface area contributed by atoms with E-state index < -0.39 is 0 Å². The van der Waals surface area contributed by atoms with E-state index in [4.69, 9.17) is 0 Å². The second-order valence-corrected chi connectivity index (χ2v) is 6.41. The first kappa shape index (κ1) is 17.9. The summed E-state index contributed by atoms with van der Waals surface area (Å²) in [4.78, 5) is 14.1. The molecule has 1 heterocycles. The average molecular weight is 351 g/mol. The molecule has 0 spiro atoms. The number of hydrogen-bond acceptors (Lipinski definition) is 2. The van der Waals surface area contributed by atoms with Crippen molar-refractivity contribution >= 4 is 5.91 Å². The van der Waals surface area contributed by atoms with Gasteiger partial charge in [0.25, 0.3) is 0 Å². The Hall–Kier alpha value is -2.95. The summed E-state index contributed by atoms with van der Waals surface area (Å²) in [5, 5.41) is 4.61. The summed E-state index contributed by atoms with van der Waals surface area (Å²) in [6, 6.07) is 16.3. The summed E-state index contributed by atoms with van der Waals surface area (Å²) in [5.41, 5.74) is 4.30. The topological polar surface area (TPSA) is 38.1 Å². The molecule has 0 bridgehead atoms. The van der Waals surface area contributed by atoms with Crippen molar-refractivity contribution in [1.29, 1.82) is 0 Å². The first-order chi connectivity index (χ1) is 12.5. The Labute approximate surface area is 152 Å². The van der Waals surface area contributed by atoms with E-state index >= 15 is 0 Å². The number of likely N-dealkylation sites (N-methyl/N-ethyl adjacent to an activating group) is 1. The van der Waals surface area contributed by atoms with E-state index in [-0.39, 0.29) is 18.1 Å². The van der Waals surface area contributed by atoms with Gasteiger partial charge in [0.1, 0.15) is 5.82 Å². The summed E-state index contributed by atoms with van der Waals surface area (Å²) in [6.07, 6.45) is 0.0497. The number of nitrogens with zero attached hydrogens (tertiary/aromatic N) is 3. The predicted octanol–water partition coefficient (Wildman–Crippen LogP) is 3.83. The summed E-state index contributed by atoms with van der Waals surface area (Å²) in [5.74, 6) is -0.472. The maximum atomic E-state index is 13.8. The van der Waals surface area contributed by atoms with Gasteiger partial charge in [0.2, 0.25) is 5.91 Å². The Balaban J connectivity index is 1.77. The molecule has 1 aromatic heterocycles. The Morgan fingerprint density at radius 1 is 1.08 bits per heavy atom. The minimum atomic E-state index is -0.349. The zero-order valence-corrected chi connectivity index (χ0v) is 15.2. The molecule has 0 aliphatic rings. The highest BCUT2D eigenvalue weighted by Crippen LogP contribution is 2.19. The number of halogens is 1. The van der Waals surface area contributed by atoms with E-state index in [9.17, 15) is 9.18 Å². The van der Waals surface area contributed by atoms with Gasteiger partial charge in [0, 0.05) is 24.8 Å². The first-order valence-electron chi connectivity index (χ1n) is 8.55. The van der Waals surface area contributed by atoms with Crippen LogP contribution in [0.15, 0.2) is 54.6 Å². The van der Waals surface area contributed by atoms with Crippen LogP contribution in [0.1, 0.15) is 22.5 Å². The van der Waals surface area contributed by atoms with E-state index in [0.29, 0.717) is 12.1 Å². The summed E-state index contributed by atoms with van der Waals surface area (Å²) in [6.45, 7) is 4.38. The van der Waals surface area contributed by atoms with Gasteiger partial charge in [-0.1, -0.05) is 36.4 Å². The van der Waals surface area contributed by atoms with Crippen LogP contribution >= 0.6 is 0 Å². The zero-order valence-electron chi connectivity index (χ0n) is 15.2. The molecule has 0 unspecified atom stereocenters. The van der Waals surface area contributed by atoms with Gasteiger partial charge < -0.3 is 4.90 Å². The monoisotopic (exact) mass is 351 g/mol. The molecule has 4 nitrogen and oxygen atoms in total. The van der Waals surface area contributed by atoms with Crippen molar-refractivity contribution in [2.24, 2.45) is 0 Å². The number of benzene rings is 2. The number of amides is 1. The molecule has 0 saturated heterocycles. The maximum absolute atomic E-state index is 13.8. The van der Waals surface area contributed by atoms with Gasteiger partial charge in [-0.15, -0.1) is 0 Å². The third-order valence-electron chi connectivity index (χ3n) is 4.56. The summed E-state index contributed by atoms with van der Waals surface area (Å²) < 4.78 is 15.7. The number of hydrogen-bond donors (Lipinski definition) is 0. The highest BCUT2D eigenvalue weighted by atomic mass is 19.1. The predicted molar refractivity (Wildman–Crippen MR) is 99.6 cm³/mol. The van der Waals surface area contributed by atoms with Gasteiger partial charge >= 0.3 is 0 Å². The lowest BCUT2D eigenvalue weighted by Crippen LogP contribution is -2.28. The Morgan fingerprint density at radius 2 is 1.73 bits per heavy atom. The van der Waals surface area contributed by atoms with Crippen LogP contribution in [-0.4, -0.2) is 27.6 Å². The van der Waals surface area contributed by atoms with Gasteiger partial charge in [-0.05, 0) is 37.6 Å². The van der Waals surface area contributed by atoms with Crippen LogP contribution in [0.4, 0.5) is 4.39 Å². The van der Waals surface area contributed by atoms with Crippen LogP contribution in [-0.2, 0) is 17.8 Å². The Bertz CT molecular complexity index is 918. The van der Waals surface area contributed by atoms with Crippen molar-refractivity contribution < 1.29 is 9.18 Å². The molecule has 0 atom stereocenters. The first-order valence-corrected chi connectivity index (χ1v) is 8.55. The fraction of sp³-hybridized carbons (Fsp3) is 0.238. The van der Waals surface area contributed by atoms with Crippen molar-refractivity contribution in [1.82, 2.24) is 14.7 Å². The number of aromatic nitrogens is 2. The van der Waals surface area contributed by atoms with Crippen LogP contribution in [0, 0.1) is 19.7 Å². The standard InChI is InChI=1S/C21H22FN3O/c1-15-19(16(2)25(23-15)18-10-5-4-6-11-18)14-24(3)21(26)13-17-9-7-8-12-20(17)22/h4-12H,13-14H2,1-3H3. The van der Waals surface area contributed by atoms with Crippen molar-refractivity contribution in [3.05, 3.63) is 82.9 Å². The van der Waals surface area contributed by atoms with E-state index in [1.807, 2.05) is 48.9 Å². The number of aryl methyl sites for hydroxylation is 1. The Kier molecular flexibility index (Phi) is 5.16. The molecule has 3 aromatic rings. The van der Waals surface area contributed by atoms with Gasteiger partial charge in [-0.2, -0.15) is 5.10 Å². The normalized spacial score (nSPS) is 10.8. The number of para-hydroxylation sites is 1. The zero-order chi connectivity index (χ0) is 18.7. The quantitative estimate of drug-likeness (QED) is 0.701. The number of carbonyl (C=O) groups excluding carboxylic acids is 1. The molecule has 0 aliphatic heterocycles. The fourth-order valence-electron chi connectivity index (χ4n) is 2.99. The highest BCUT2D eigenvalue weighted by Gasteiger charge is 2.18. The molecular weight excluding hydrogens is 329 g/mol. The van der Waals surface area contributed by atoms with Gasteiger partial charge in [0.15, 0.2) is 0 Å². The van der Waals surface area contributed by atoms with Crippen molar-refractivity contribution in [2.75, 3.05) is 7.05 Å². The summed E-state index contributed by atoms with van der Waals surface area (Å²) >= 11 is 0. The fourth-order valence-corrected chi connectivity index (χ4v) is 2.99. The molecular formula is C21H22FN3O. The maximum Gasteiger partial charge on any atom is 0.227 e.